The zero-order valence-corrected chi connectivity index (χ0v) is 13.9. The maximum atomic E-state index is 4.35. The van der Waals surface area contributed by atoms with Gasteiger partial charge in [-0.25, -0.2) is 4.98 Å². The number of rotatable bonds is 6. The van der Waals surface area contributed by atoms with Gasteiger partial charge in [-0.2, -0.15) is 0 Å². The zero-order chi connectivity index (χ0) is 14.8. The lowest BCUT2D eigenvalue weighted by Crippen LogP contribution is -2.16. The van der Waals surface area contributed by atoms with E-state index in [1.165, 1.54) is 57.4 Å². The molecule has 1 atom stereocenters. The van der Waals surface area contributed by atoms with Crippen molar-refractivity contribution in [3.63, 3.8) is 0 Å². The van der Waals surface area contributed by atoms with Crippen LogP contribution in [0.5, 0.6) is 0 Å². The number of hydrogen-bond acceptors (Lipinski definition) is 2. The third-order valence-corrected chi connectivity index (χ3v) is 4.09. The van der Waals surface area contributed by atoms with Gasteiger partial charge in [0.05, 0.1) is 0 Å². The lowest BCUT2D eigenvalue weighted by Gasteiger charge is -2.09. The Morgan fingerprint density at radius 3 is 2.30 bits per heavy atom. The highest BCUT2D eigenvalue weighted by molar-refractivity contribution is 4.94. The molecule has 0 N–H and O–H groups in total. The number of imidazole rings is 1. The second kappa shape index (κ2) is 9.98. The summed E-state index contributed by atoms with van der Waals surface area (Å²) in [7, 11) is 4.26. The Balaban J connectivity index is 0.000000246. The fraction of sp³-hybridized carbons (Fsp3) is 0.824. The van der Waals surface area contributed by atoms with E-state index in [4.69, 9.17) is 0 Å². The Morgan fingerprint density at radius 1 is 1.15 bits per heavy atom. The van der Waals surface area contributed by atoms with Gasteiger partial charge in [-0.3, -0.25) is 0 Å². The number of unbranched alkanes of at least 4 members (excludes halogenated alkanes) is 4. The van der Waals surface area contributed by atoms with Crippen LogP contribution in [-0.4, -0.2) is 34.6 Å². The van der Waals surface area contributed by atoms with Crippen LogP contribution in [0.1, 0.15) is 58.2 Å². The highest BCUT2D eigenvalue weighted by atomic mass is 15.1. The van der Waals surface area contributed by atoms with Crippen LogP contribution in [-0.2, 0) is 13.5 Å². The summed E-state index contributed by atoms with van der Waals surface area (Å²) in [5.41, 5.74) is 0. The van der Waals surface area contributed by atoms with Crippen LogP contribution >= 0.6 is 0 Å². The minimum atomic E-state index is 0.811. The molecule has 1 aromatic heterocycles. The number of hydrogen-bond donors (Lipinski definition) is 0. The molecule has 0 spiro atoms. The minimum Gasteiger partial charge on any atom is -0.338 e. The standard InChI is InChI=1S/C10H17N3.C7H16/c1-12-5-3-9(8-12)7-10-11-4-6-13(10)2;1-3-5-7-6-4-2/h4,6,9H,3,5,7-8H2,1-2H3;3-7H2,1-2H3. The molecule has 116 valence electrons. The van der Waals surface area contributed by atoms with Crippen molar-refractivity contribution in [2.24, 2.45) is 13.0 Å². The summed E-state index contributed by atoms with van der Waals surface area (Å²) in [5, 5.41) is 0. The Bertz CT molecular complexity index is 342. The van der Waals surface area contributed by atoms with Crippen molar-refractivity contribution in [2.75, 3.05) is 20.1 Å². The van der Waals surface area contributed by atoms with Gasteiger partial charge in [0, 0.05) is 32.4 Å². The van der Waals surface area contributed by atoms with Crippen LogP contribution in [0, 0.1) is 5.92 Å². The summed E-state index contributed by atoms with van der Waals surface area (Å²) in [6.45, 7) is 6.97. The molecule has 0 aromatic carbocycles. The quantitative estimate of drug-likeness (QED) is 0.737. The monoisotopic (exact) mass is 279 g/mol. The van der Waals surface area contributed by atoms with Gasteiger partial charge in [-0.05, 0) is 25.9 Å². The summed E-state index contributed by atoms with van der Waals surface area (Å²) in [5.74, 6) is 2.03. The van der Waals surface area contributed by atoms with Gasteiger partial charge in [0.25, 0.3) is 0 Å². The molecule has 1 saturated heterocycles. The van der Waals surface area contributed by atoms with Gasteiger partial charge in [0.15, 0.2) is 0 Å². The first-order valence-corrected chi connectivity index (χ1v) is 8.32. The predicted octanol–water partition coefficient (Wildman–Crippen LogP) is 3.89. The van der Waals surface area contributed by atoms with E-state index in [0.29, 0.717) is 0 Å². The molecule has 3 heteroatoms. The second-order valence-electron chi connectivity index (χ2n) is 6.14. The van der Waals surface area contributed by atoms with Crippen molar-refractivity contribution in [1.29, 1.82) is 0 Å². The molecular weight excluding hydrogens is 246 g/mol. The van der Waals surface area contributed by atoms with E-state index in [1.807, 2.05) is 12.4 Å². The fourth-order valence-corrected chi connectivity index (χ4v) is 2.72. The van der Waals surface area contributed by atoms with Crippen molar-refractivity contribution in [1.82, 2.24) is 14.5 Å². The molecular formula is C17H33N3. The van der Waals surface area contributed by atoms with Crippen molar-refractivity contribution in [3.8, 4) is 0 Å². The Kier molecular flexibility index (Phi) is 8.59. The van der Waals surface area contributed by atoms with Crippen LogP contribution in [0.3, 0.4) is 0 Å². The molecule has 3 nitrogen and oxygen atoms in total. The summed E-state index contributed by atoms with van der Waals surface area (Å²) < 4.78 is 2.12. The second-order valence-corrected chi connectivity index (χ2v) is 6.14. The van der Waals surface area contributed by atoms with E-state index >= 15 is 0 Å². The van der Waals surface area contributed by atoms with Crippen molar-refractivity contribution >= 4 is 0 Å². The molecule has 1 aliphatic heterocycles. The number of nitrogens with zero attached hydrogens (tertiary/aromatic N) is 3. The summed E-state index contributed by atoms with van der Waals surface area (Å²) >= 11 is 0. The predicted molar refractivity (Wildman–Crippen MR) is 86.9 cm³/mol. The van der Waals surface area contributed by atoms with E-state index in [0.717, 1.165) is 12.3 Å². The molecule has 2 heterocycles. The largest absolute Gasteiger partial charge is 0.338 e. The Morgan fingerprint density at radius 2 is 1.85 bits per heavy atom. The summed E-state index contributed by atoms with van der Waals surface area (Å²) in [6.07, 6.45) is 13.4. The molecule has 0 saturated carbocycles. The number of aryl methyl sites for hydroxylation is 1. The fourth-order valence-electron chi connectivity index (χ4n) is 2.72. The molecule has 1 fully saturated rings. The molecule has 1 aliphatic rings. The third kappa shape index (κ3) is 6.56. The van der Waals surface area contributed by atoms with Crippen LogP contribution in [0.2, 0.25) is 0 Å². The van der Waals surface area contributed by atoms with E-state index < -0.39 is 0 Å². The van der Waals surface area contributed by atoms with E-state index in [1.54, 1.807) is 0 Å². The molecule has 1 unspecified atom stereocenters. The molecule has 0 aliphatic carbocycles. The highest BCUT2D eigenvalue weighted by Gasteiger charge is 2.20. The van der Waals surface area contributed by atoms with E-state index in [2.05, 4.69) is 42.4 Å². The molecule has 2 rings (SSSR count). The van der Waals surface area contributed by atoms with Crippen LogP contribution in [0.25, 0.3) is 0 Å². The van der Waals surface area contributed by atoms with Crippen molar-refractivity contribution in [2.45, 2.75) is 58.8 Å². The average molecular weight is 279 g/mol. The lowest BCUT2D eigenvalue weighted by atomic mass is 10.0. The first-order chi connectivity index (χ1) is 9.67. The first kappa shape index (κ1) is 17.2. The maximum Gasteiger partial charge on any atom is 0.108 e. The Hall–Kier alpha value is -0.830. The normalized spacial score (nSPS) is 18.9. The lowest BCUT2D eigenvalue weighted by molar-refractivity contribution is 0.392. The molecule has 0 bridgehead atoms. The summed E-state index contributed by atoms with van der Waals surface area (Å²) in [4.78, 5) is 6.75. The number of aromatic nitrogens is 2. The topological polar surface area (TPSA) is 21.1 Å². The van der Waals surface area contributed by atoms with Crippen LogP contribution in [0.4, 0.5) is 0 Å². The highest BCUT2D eigenvalue weighted by Crippen LogP contribution is 2.18. The van der Waals surface area contributed by atoms with Gasteiger partial charge >= 0.3 is 0 Å². The van der Waals surface area contributed by atoms with Crippen LogP contribution < -0.4 is 0 Å². The zero-order valence-electron chi connectivity index (χ0n) is 13.9. The first-order valence-electron chi connectivity index (χ1n) is 8.32. The molecule has 1 aromatic rings. The maximum absolute atomic E-state index is 4.35. The average Bonchev–Trinajstić information content (AvgIpc) is 3.01. The third-order valence-electron chi connectivity index (χ3n) is 4.09. The smallest absolute Gasteiger partial charge is 0.108 e. The van der Waals surface area contributed by atoms with Gasteiger partial charge < -0.3 is 9.47 Å². The Labute approximate surface area is 125 Å². The van der Waals surface area contributed by atoms with Gasteiger partial charge in [0.2, 0.25) is 0 Å². The molecule has 0 amide bonds. The van der Waals surface area contributed by atoms with Crippen LogP contribution in [0.15, 0.2) is 12.4 Å². The molecule has 0 radical (unpaired) electrons. The van der Waals surface area contributed by atoms with E-state index in [9.17, 15) is 0 Å². The van der Waals surface area contributed by atoms with Gasteiger partial charge in [0.1, 0.15) is 5.82 Å². The van der Waals surface area contributed by atoms with Gasteiger partial charge in [-0.15, -0.1) is 0 Å². The van der Waals surface area contributed by atoms with Gasteiger partial charge in [-0.1, -0.05) is 46.0 Å². The molecule has 20 heavy (non-hydrogen) atoms. The van der Waals surface area contributed by atoms with Crippen molar-refractivity contribution in [3.05, 3.63) is 18.2 Å². The minimum absolute atomic E-state index is 0.811. The summed E-state index contributed by atoms with van der Waals surface area (Å²) in [6, 6.07) is 0. The van der Waals surface area contributed by atoms with E-state index in [-0.39, 0.29) is 0 Å². The number of likely N-dealkylation sites (tertiary alicyclic amines) is 1. The SMILES string of the molecule is CCCCCCC.CN1CCC(Cc2nccn2C)C1. The van der Waals surface area contributed by atoms with Crippen molar-refractivity contribution < 1.29 is 0 Å².